The normalized spacial score (nSPS) is 12.5. The molecule has 0 aliphatic carbocycles. The van der Waals surface area contributed by atoms with Crippen molar-refractivity contribution in [2.24, 2.45) is 20.0 Å². The fraction of sp³-hybridized carbons (Fsp3) is 0.700. The molecule has 1 rings (SSSR count). The van der Waals surface area contributed by atoms with Gasteiger partial charge in [-0.05, 0) is 17.9 Å². The quantitative estimate of drug-likeness (QED) is 0.798. The first-order valence-electron chi connectivity index (χ1n) is 5.34. The summed E-state index contributed by atoms with van der Waals surface area (Å²) in [5.74, 6) is 1.68. The lowest BCUT2D eigenvalue weighted by Gasteiger charge is -2.12. The topological polar surface area (TPSA) is 68.9 Å². The summed E-state index contributed by atoms with van der Waals surface area (Å²) in [4.78, 5) is 23.1. The van der Waals surface area contributed by atoms with Gasteiger partial charge in [0.1, 0.15) is 0 Å². The molecule has 1 heterocycles. The second-order valence-electron chi connectivity index (χ2n) is 4.06. The van der Waals surface area contributed by atoms with Crippen molar-refractivity contribution in [1.82, 2.24) is 14.3 Å². The third-order valence-corrected chi connectivity index (χ3v) is 3.29. The molecule has 0 radical (unpaired) electrons. The maximum absolute atomic E-state index is 11.7. The molecule has 1 aromatic heterocycles. The molecule has 17 heavy (non-hydrogen) atoms. The van der Waals surface area contributed by atoms with Crippen LogP contribution in [0.1, 0.15) is 6.92 Å². The number of thioether (sulfide) groups is 1. The summed E-state index contributed by atoms with van der Waals surface area (Å²) in [5, 5.41) is 6.91. The van der Waals surface area contributed by atoms with Gasteiger partial charge in [-0.1, -0.05) is 6.92 Å². The Labute approximate surface area is 104 Å². The fourth-order valence-electron chi connectivity index (χ4n) is 1.42. The molecule has 0 spiro atoms. The Morgan fingerprint density at radius 1 is 1.41 bits per heavy atom. The number of rotatable bonds is 5. The fourth-order valence-corrected chi connectivity index (χ4v) is 2.11. The highest BCUT2D eigenvalue weighted by atomic mass is 32.2. The second-order valence-corrected chi connectivity index (χ2v) is 4.97. The van der Waals surface area contributed by atoms with Gasteiger partial charge in [0.15, 0.2) is 0 Å². The van der Waals surface area contributed by atoms with Crippen molar-refractivity contribution < 1.29 is 0 Å². The van der Waals surface area contributed by atoms with Crippen LogP contribution >= 0.6 is 11.8 Å². The minimum Gasteiger partial charge on any atom is -0.364 e. The SMILES string of the molecule is CSCC(C)CNc1nn(C)c(=O)n(C)c1=O. The molecule has 0 saturated carbocycles. The minimum atomic E-state index is -0.419. The van der Waals surface area contributed by atoms with E-state index in [0.717, 1.165) is 15.0 Å². The van der Waals surface area contributed by atoms with Crippen molar-refractivity contribution in [3.8, 4) is 0 Å². The van der Waals surface area contributed by atoms with Crippen molar-refractivity contribution in [3.63, 3.8) is 0 Å². The van der Waals surface area contributed by atoms with Crippen LogP contribution in [0.25, 0.3) is 0 Å². The van der Waals surface area contributed by atoms with Crippen LogP contribution < -0.4 is 16.6 Å². The molecule has 0 amide bonds. The van der Waals surface area contributed by atoms with Crippen LogP contribution in [-0.2, 0) is 14.1 Å². The standard InChI is InChI=1S/C10H18N4O2S/c1-7(6-17-4)5-11-8-9(15)13(2)10(16)14(3)12-8/h7H,5-6H2,1-4H3,(H,11,12). The first-order chi connectivity index (χ1) is 7.97. The lowest BCUT2D eigenvalue weighted by atomic mass is 10.2. The summed E-state index contributed by atoms with van der Waals surface area (Å²) in [6.45, 7) is 2.76. The minimum absolute atomic E-state index is 0.225. The summed E-state index contributed by atoms with van der Waals surface area (Å²) >= 11 is 1.76. The summed E-state index contributed by atoms with van der Waals surface area (Å²) in [5.41, 5.74) is -0.804. The van der Waals surface area contributed by atoms with Crippen molar-refractivity contribution in [2.45, 2.75) is 6.92 Å². The molecule has 96 valence electrons. The van der Waals surface area contributed by atoms with E-state index in [1.807, 2.05) is 6.26 Å². The first kappa shape index (κ1) is 13.8. The van der Waals surface area contributed by atoms with Gasteiger partial charge in [-0.2, -0.15) is 11.8 Å². The van der Waals surface area contributed by atoms with Crippen LogP contribution in [0.4, 0.5) is 5.82 Å². The zero-order valence-electron chi connectivity index (χ0n) is 10.6. The molecule has 0 bridgehead atoms. The van der Waals surface area contributed by atoms with Gasteiger partial charge in [0.25, 0.3) is 5.56 Å². The zero-order valence-corrected chi connectivity index (χ0v) is 11.4. The van der Waals surface area contributed by atoms with Gasteiger partial charge < -0.3 is 5.32 Å². The van der Waals surface area contributed by atoms with Crippen molar-refractivity contribution in [1.29, 1.82) is 0 Å². The third-order valence-electron chi connectivity index (χ3n) is 2.39. The van der Waals surface area contributed by atoms with E-state index < -0.39 is 5.69 Å². The highest BCUT2D eigenvalue weighted by Crippen LogP contribution is 2.04. The van der Waals surface area contributed by atoms with Gasteiger partial charge >= 0.3 is 5.69 Å². The van der Waals surface area contributed by atoms with Crippen LogP contribution in [0.2, 0.25) is 0 Å². The predicted molar refractivity (Wildman–Crippen MR) is 70.8 cm³/mol. The molecular formula is C10H18N4O2S. The van der Waals surface area contributed by atoms with E-state index >= 15 is 0 Å². The molecular weight excluding hydrogens is 240 g/mol. The number of hydrogen-bond donors (Lipinski definition) is 1. The Hall–Kier alpha value is -1.24. The number of nitrogens with zero attached hydrogens (tertiary/aromatic N) is 3. The van der Waals surface area contributed by atoms with Crippen molar-refractivity contribution in [3.05, 3.63) is 20.8 Å². The zero-order chi connectivity index (χ0) is 13.0. The molecule has 0 fully saturated rings. The number of hydrogen-bond acceptors (Lipinski definition) is 5. The van der Waals surface area contributed by atoms with E-state index in [0.29, 0.717) is 12.5 Å². The second kappa shape index (κ2) is 5.90. The lowest BCUT2D eigenvalue weighted by Crippen LogP contribution is -2.40. The number of aryl methyl sites for hydroxylation is 1. The number of aromatic nitrogens is 3. The van der Waals surface area contributed by atoms with E-state index in [4.69, 9.17) is 0 Å². The average Bonchev–Trinajstić information content (AvgIpc) is 2.30. The van der Waals surface area contributed by atoms with Crippen LogP contribution in [0.5, 0.6) is 0 Å². The molecule has 1 unspecified atom stereocenters. The first-order valence-corrected chi connectivity index (χ1v) is 6.74. The van der Waals surface area contributed by atoms with Crippen molar-refractivity contribution >= 4 is 17.6 Å². The Morgan fingerprint density at radius 2 is 2.06 bits per heavy atom. The van der Waals surface area contributed by atoms with E-state index in [1.165, 1.54) is 14.1 Å². The number of anilines is 1. The molecule has 6 nitrogen and oxygen atoms in total. The predicted octanol–water partition coefficient (Wildman–Crippen LogP) is -0.110. The summed E-state index contributed by atoms with van der Waals surface area (Å²) < 4.78 is 2.21. The van der Waals surface area contributed by atoms with E-state index in [-0.39, 0.29) is 11.4 Å². The molecule has 0 saturated heterocycles. The number of nitrogens with one attached hydrogen (secondary N) is 1. The van der Waals surface area contributed by atoms with E-state index in [2.05, 4.69) is 17.3 Å². The smallest absolute Gasteiger partial charge is 0.346 e. The molecule has 1 N–H and O–H groups in total. The largest absolute Gasteiger partial charge is 0.364 e. The molecule has 0 aliphatic heterocycles. The maximum atomic E-state index is 11.7. The Balaban J connectivity index is 2.86. The van der Waals surface area contributed by atoms with Gasteiger partial charge in [0.05, 0.1) is 0 Å². The van der Waals surface area contributed by atoms with Crippen LogP contribution in [0.15, 0.2) is 9.59 Å². The third kappa shape index (κ3) is 3.36. The van der Waals surface area contributed by atoms with Crippen molar-refractivity contribution in [2.75, 3.05) is 23.9 Å². The van der Waals surface area contributed by atoms with E-state index in [9.17, 15) is 9.59 Å². The summed E-state index contributed by atoms with van der Waals surface area (Å²) in [6, 6.07) is 0. The van der Waals surface area contributed by atoms with Gasteiger partial charge in [-0.3, -0.25) is 9.36 Å². The summed E-state index contributed by atoms with van der Waals surface area (Å²) in [6.07, 6.45) is 2.04. The monoisotopic (exact) mass is 258 g/mol. The van der Waals surface area contributed by atoms with Crippen LogP contribution in [0.3, 0.4) is 0 Å². The Bertz CT molecular complexity index is 494. The lowest BCUT2D eigenvalue weighted by molar-refractivity contribution is 0.599. The van der Waals surface area contributed by atoms with Gasteiger partial charge in [0, 0.05) is 20.6 Å². The van der Waals surface area contributed by atoms with Gasteiger partial charge in [0.2, 0.25) is 5.82 Å². The highest BCUT2D eigenvalue weighted by Gasteiger charge is 2.09. The maximum Gasteiger partial charge on any atom is 0.346 e. The van der Waals surface area contributed by atoms with Gasteiger partial charge in [-0.15, -0.1) is 5.10 Å². The van der Waals surface area contributed by atoms with Crippen LogP contribution in [-0.4, -0.2) is 32.9 Å². The van der Waals surface area contributed by atoms with Gasteiger partial charge in [-0.25, -0.2) is 9.48 Å². The Morgan fingerprint density at radius 3 is 2.65 bits per heavy atom. The highest BCUT2D eigenvalue weighted by molar-refractivity contribution is 7.98. The summed E-state index contributed by atoms with van der Waals surface area (Å²) in [7, 11) is 2.97. The average molecular weight is 258 g/mol. The molecule has 0 aliphatic rings. The van der Waals surface area contributed by atoms with Crippen LogP contribution in [0, 0.1) is 5.92 Å². The molecule has 7 heteroatoms. The Kier molecular flexibility index (Phi) is 4.80. The molecule has 0 aromatic carbocycles. The molecule has 1 atom stereocenters. The molecule has 1 aromatic rings. The van der Waals surface area contributed by atoms with E-state index in [1.54, 1.807) is 11.8 Å².